The van der Waals surface area contributed by atoms with Crippen LogP contribution in [-0.4, -0.2) is 30.6 Å². The van der Waals surface area contributed by atoms with Crippen molar-refractivity contribution in [1.82, 2.24) is 4.31 Å². The molecular formula is C14H22N2O2S. The molecule has 0 spiro atoms. The summed E-state index contributed by atoms with van der Waals surface area (Å²) in [5.74, 6) is 0. The summed E-state index contributed by atoms with van der Waals surface area (Å²) in [6.45, 7) is 6.02. The summed E-state index contributed by atoms with van der Waals surface area (Å²) in [6, 6.07) is 7.72. The van der Waals surface area contributed by atoms with Crippen LogP contribution in [0.4, 0.5) is 0 Å². The Morgan fingerprint density at radius 1 is 1.32 bits per heavy atom. The number of nitrogens with two attached hydrogens (primary N) is 1. The van der Waals surface area contributed by atoms with Crippen molar-refractivity contribution in [2.45, 2.75) is 38.0 Å². The van der Waals surface area contributed by atoms with Crippen molar-refractivity contribution in [1.29, 1.82) is 0 Å². The zero-order valence-corrected chi connectivity index (χ0v) is 12.6. The first-order valence-corrected chi connectivity index (χ1v) is 8.02. The third-order valence-electron chi connectivity index (χ3n) is 3.67. The molecule has 2 rings (SSSR count). The Hall–Kier alpha value is -0.910. The first kappa shape index (κ1) is 14.5. The Bertz CT molecular complexity index is 561. The zero-order valence-electron chi connectivity index (χ0n) is 11.8. The SMILES string of the molecule is CC(C)(C)S(=O)(=O)N1CCc2ccccc2C1CN. The number of hydrogen-bond acceptors (Lipinski definition) is 3. The Kier molecular flexibility index (Phi) is 3.73. The van der Waals surface area contributed by atoms with E-state index < -0.39 is 14.8 Å². The van der Waals surface area contributed by atoms with Gasteiger partial charge in [-0.25, -0.2) is 8.42 Å². The molecule has 0 bridgehead atoms. The van der Waals surface area contributed by atoms with Crippen molar-refractivity contribution in [2.24, 2.45) is 5.73 Å². The Balaban J connectivity index is 2.47. The molecule has 0 fully saturated rings. The van der Waals surface area contributed by atoms with Crippen LogP contribution in [0.2, 0.25) is 0 Å². The molecule has 1 atom stereocenters. The van der Waals surface area contributed by atoms with Gasteiger partial charge in [0.1, 0.15) is 0 Å². The minimum atomic E-state index is -3.35. The lowest BCUT2D eigenvalue weighted by atomic mass is 9.94. The van der Waals surface area contributed by atoms with E-state index in [1.807, 2.05) is 18.2 Å². The van der Waals surface area contributed by atoms with E-state index in [9.17, 15) is 8.42 Å². The van der Waals surface area contributed by atoms with Gasteiger partial charge in [-0.2, -0.15) is 4.31 Å². The molecule has 0 amide bonds. The van der Waals surface area contributed by atoms with Crippen molar-refractivity contribution in [3.8, 4) is 0 Å². The van der Waals surface area contributed by atoms with Gasteiger partial charge < -0.3 is 5.73 Å². The zero-order chi connectivity index (χ0) is 14.3. The van der Waals surface area contributed by atoms with Gasteiger partial charge >= 0.3 is 0 Å². The molecule has 2 N–H and O–H groups in total. The summed E-state index contributed by atoms with van der Waals surface area (Å²) in [5.41, 5.74) is 8.09. The molecule has 0 saturated carbocycles. The molecule has 19 heavy (non-hydrogen) atoms. The lowest BCUT2D eigenvalue weighted by Crippen LogP contribution is -2.49. The summed E-state index contributed by atoms with van der Waals surface area (Å²) in [6.07, 6.45) is 0.752. The van der Waals surface area contributed by atoms with Crippen LogP contribution in [0, 0.1) is 0 Å². The van der Waals surface area contributed by atoms with Gasteiger partial charge in [-0.3, -0.25) is 0 Å². The second-order valence-electron chi connectivity index (χ2n) is 5.93. The maximum absolute atomic E-state index is 12.7. The van der Waals surface area contributed by atoms with Crippen LogP contribution < -0.4 is 5.73 Å². The van der Waals surface area contributed by atoms with Gasteiger partial charge in [-0.15, -0.1) is 0 Å². The average Bonchev–Trinajstić information content (AvgIpc) is 2.35. The molecular weight excluding hydrogens is 260 g/mol. The largest absolute Gasteiger partial charge is 0.329 e. The second-order valence-corrected chi connectivity index (χ2v) is 8.57. The monoisotopic (exact) mass is 282 g/mol. The predicted octanol–water partition coefficient (Wildman–Crippen LogP) is 1.67. The summed E-state index contributed by atoms with van der Waals surface area (Å²) in [5, 5.41) is 0. The topological polar surface area (TPSA) is 63.4 Å². The van der Waals surface area contributed by atoms with Gasteiger partial charge in [-0.1, -0.05) is 24.3 Å². The fourth-order valence-electron chi connectivity index (χ4n) is 2.51. The van der Waals surface area contributed by atoms with Crippen LogP contribution in [0.15, 0.2) is 24.3 Å². The lowest BCUT2D eigenvalue weighted by Gasteiger charge is -2.39. The molecule has 4 nitrogen and oxygen atoms in total. The molecule has 5 heteroatoms. The van der Waals surface area contributed by atoms with E-state index in [4.69, 9.17) is 5.73 Å². The molecule has 1 unspecified atom stereocenters. The van der Waals surface area contributed by atoms with E-state index in [-0.39, 0.29) is 6.04 Å². The number of benzene rings is 1. The summed E-state index contributed by atoms with van der Waals surface area (Å²) in [7, 11) is -3.35. The number of hydrogen-bond donors (Lipinski definition) is 1. The molecule has 1 aliphatic heterocycles. The quantitative estimate of drug-likeness (QED) is 0.897. The molecule has 0 aliphatic carbocycles. The van der Waals surface area contributed by atoms with Crippen LogP contribution in [0.5, 0.6) is 0 Å². The first-order valence-electron chi connectivity index (χ1n) is 6.58. The Morgan fingerprint density at radius 3 is 2.53 bits per heavy atom. The molecule has 0 radical (unpaired) electrons. The van der Waals surface area contributed by atoms with Crippen LogP contribution in [0.1, 0.15) is 37.9 Å². The van der Waals surface area contributed by atoms with Gasteiger partial charge in [0.05, 0.1) is 10.8 Å². The number of rotatable bonds is 2. The van der Waals surface area contributed by atoms with Gasteiger partial charge in [0.2, 0.25) is 10.0 Å². The molecule has 106 valence electrons. The highest BCUT2D eigenvalue weighted by molar-refractivity contribution is 7.90. The van der Waals surface area contributed by atoms with Gasteiger partial charge in [-0.05, 0) is 38.3 Å². The third kappa shape index (κ3) is 2.42. The van der Waals surface area contributed by atoms with Crippen LogP contribution in [0.25, 0.3) is 0 Å². The van der Waals surface area contributed by atoms with Gasteiger partial charge in [0.25, 0.3) is 0 Å². The first-order chi connectivity index (χ1) is 8.79. The van der Waals surface area contributed by atoms with E-state index in [2.05, 4.69) is 6.07 Å². The summed E-state index contributed by atoms with van der Waals surface area (Å²) < 4.78 is 26.1. The van der Waals surface area contributed by atoms with E-state index in [0.29, 0.717) is 13.1 Å². The fourth-order valence-corrected chi connectivity index (χ4v) is 4.08. The van der Waals surface area contributed by atoms with Crippen LogP contribution in [0.3, 0.4) is 0 Å². The minimum Gasteiger partial charge on any atom is -0.329 e. The van der Waals surface area contributed by atoms with E-state index in [1.54, 1.807) is 25.1 Å². The maximum Gasteiger partial charge on any atom is 0.219 e. The number of fused-ring (bicyclic) bond motifs is 1. The minimum absolute atomic E-state index is 0.242. The maximum atomic E-state index is 12.7. The second kappa shape index (κ2) is 4.89. The molecule has 1 aromatic carbocycles. The average molecular weight is 282 g/mol. The smallest absolute Gasteiger partial charge is 0.219 e. The van der Waals surface area contributed by atoms with Crippen LogP contribution in [-0.2, 0) is 16.4 Å². The van der Waals surface area contributed by atoms with Crippen molar-refractivity contribution in [2.75, 3.05) is 13.1 Å². The Labute approximate surface area is 115 Å². The highest BCUT2D eigenvalue weighted by Crippen LogP contribution is 2.34. The highest BCUT2D eigenvalue weighted by Gasteiger charge is 2.41. The number of sulfonamides is 1. The van der Waals surface area contributed by atoms with Gasteiger partial charge in [0.15, 0.2) is 0 Å². The molecule has 1 heterocycles. The predicted molar refractivity (Wildman–Crippen MR) is 77.3 cm³/mol. The molecule has 0 saturated heterocycles. The lowest BCUT2D eigenvalue weighted by molar-refractivity contribution is 0.304. The van der Waals surface area contributed by atoms with Crippen molar-refractivity contribution in [3.05, 3.63) is 35.4 Å². The van der Waals surface area contributed by atoms with Crippen molar-refractivity contribution < 1.29 is 8.42 Å². The highest BCUT2D eigenvalue weighted by atomic mass is 32.2. The van der Waals surface area contributed by atoms with Crippen LogP contribution >= 0.6 is 0 Å². The van der Waals surface area contributed by atoms with Crippen molar-refractivity contribution >= 4 is 10.0 Å². The summed E-state index contributed by atoms with van der Waals surface area (Å²) >= 11 is 0. The summed E-state index contributed by atoms with van der Waals surface area (Å²) in [4.78, 5) is 0. The third-order valence-corrected chi connectivity index (χ3v) is 6.27. The molecule has 1 aromatic rings. The van der Waals surface area contributed by atoms with Gasteiger partial charge in [0, 0.05) is 13.1 Å². The normalized spacial score (nSPS) is 21.2. The number of nitrogens with zero attached hydrogens (tertiary/aromatic N) is 1. The van der Waals surface area contributed by atoms with E-state index in [1.165, 1.54) is 5.56 Å². The van der Waals surface area contributed by atoms with E-state index in [0.717, 1.165) is 12.0 Å². The fraction of sp³-hybridized carbons (Fsp3) is 0.571. The molecule has 1 aliphatic rings. The van der Waals surface area contributed by atoms with Crippen molar-refractivity contribution in [3.63, 3.8) is 0 Å². The Morgan fingerprint density at radius 2 is 1.95 bits per heavy atom. The van der Waals surface area contributed by atoms with E-state index >= 15 is 0 Å². The standard InChI is InChI=1S/C14H22N2O2S/c1-14(2,3)19(17,18)16-9-8-11-6-4-5-7-12(11)13(16)10-15/h4-7,13H,8-10,15H2,1-3H3. The molecule has 0 aromatic heterocycles.